The summed E-state index contributed by atoms with van der Waals surface area (Å²) in [5, 5.41) is 2.99. The number of esters is 1. The highest BCUT2D eigenvalue weighted by Gasteiger charge is 2.26. The summed E-state index contributed by atoms with van der Waals surface area (Å²) >= 11 is 0. The van der Waals surface area contributed by atoms with Gasteiger partial charge in [0.25, 0.3) is 5.91 Å². The van der Waals surface area contributed by atoms with Crippen molar-refractivity contribution in [1.29, 1.82) is 0 Å². The number of aromatic nitrogens is 1. The van der Waals surface area contributed by atoms with E-state index in [-0.39, 0.29) is 18.2 Å². The van der Waals surface area contributed by atoms with Gasteiger partial charge in [-0.2, -0.15) is 0 Å². The minimum absolute atomic E-state index is 0.201. The van der Waals surface area contributed by atoms with Crippen LogP contribution in [0.4, 0.5) is 5.69 Å². The largest absolute Gasteiger partial charge is 0.493 e. The molecule has 0 saturated heterocycles. The molecule has 37 heavy (non-hydrogen) atoms. The van der Waals surface area contributed by atoms with Crippen molar-refractivity contribution >= 4 is 17.6 Å². The van der Waals surface area contributed by atoms with Gasteiger partial charge in [0.15, 0.2) is 17.2 Å². The van der Waals surface area contributed by atoms with Crippen LogP contribution in [0.15, 0.2) is 79.0 Å². The maximum Gasteiger partial charge on any atom is 0.357 e. The molecule has 0 aliphatic heterocycles. The standard InChI is InChI=1S/C30H30N2O5/c1-5-37-30(34)28-27(31-29(33)22-13-11-20(2)12-14-22)24(19-32(28)18-21-9-7-6-8-10-21)23-15-16-25(35-3)26(17-23)36-4/h6-17,19H,5,18H2,1-4H3,(H,31,33). The summed E-state index contributed by atoms with van der Waals surface area (Å²) in [5.41, 5.74) is 4.55. The van der Waals surface area contributed by atoms with Gasteiger partial charge in [-0.05, 0) is 49.2 Å². The van der Waals surface area contributed by atoms with Crippen molar-refractivity contribution in [1.82, 2.24) is 4.57 Å². The smallest absolute Gasteiger partial charge is 0.357 e. The van der Waals surface area contributed by atoms with Crippen LogP contribution in [0.5, 0.6) is 11.5 Å². The van der Waals surface area contributed by atoms with Crippen molar-refractivity contribution in [3.8, 4) is 22.6 Å². The van der Waals surface area contributed by atoms with Gasteiger partial charge in [-0.15, -0.1) is 0 Å². The average Bonchev–Trinajstić information content (AvgIpc) is 3.26. The van der Waals surface area contributed by atoms with Crippen LogP contribution in [-0.4, -0.2) is 37.3 Å². The first kappa shape index (κ1) is 25.6. The molecule has 0 unspecified atom stereocenters. The maximum atomic E-state index is 13.3. The Morgan fingerprint density at radius 3 is 2.24 bits per heavy atom. The number of hydrogen-bond acceptors (Lipinski definition) is 5. The molecule has 0 bridgehead atoms. The number of carbonyl (C=O) groups is 2. The molecule has 0 atom stereocenters. The van der Waals surface area contributed by atoms with Crippen LogP contribution in [0.3, 0.4) is 0 Å². The number of benzene rings is 3. The van der Waals surface area contributed by atoms with E-state index in [4.69, 9.17) is 14.2 Å². The number of aryl methyl sites for hydroxylation is 1. The number of nitrogens with zero attached hydrogens (tertiary/aromatic N) is 1. The summed E-state index contributed by atoms with van der Waals surface area (Å²) in [6.07, 6.45) is 1.85. The highest BCUT2D eigenvalue weighted by molar-refractivity contribution is 6.11. The van der Waals surface area contributed by atoms with Crippen LogP contribution in [0, 0.1) is 6.92 Å². The van der Waals surface area contributed by atoms with E-state index < -0.39 is 5.97 Å². The molecule has 3 aromatic carbocycles. The first-order chi connectivity index (χ1) is 17.9. The summed E-state index contributed by atoms with van der Waals surface area (Å²) < 4.78 is 18.1. The topological polar surface area (TPSA) is 78.8 Å². The van der Waals surface area contributed by atoms with Gasteiger partial charge < -0.3 is 24.1 Å². The van der Waals surface area contributed by atoms with Gasteiger partial charge in [-0.1, -0.05) is 54.1 Å². The lowest BCUT2D eigenvalue weighted by molar-refractivity contribution is 0.0515. The Morgan fingerprint density at radius 2 is 1.59 bits per heavy atom. The van der Waals surface area contributed by atoms with Gasteiger partial charge in [-0.25, -0.2) is 4.79 Å². The van der Waals surface area contributed by atoms with E-state index in [1.165, 1.54) is 0 Å². The van der Waals surface area contributed by atoms with Crippen LogP contribution in [0.1, 0.15) is 38.9 Å². The Bertz CT molecular complexity index is 1390. The Kier molecular flexibility index (Phi) is 7.93. The first-order valence-corrected chi connectivity index (χ1v) is 12.0. The van der Waals surface area contributed by atoms with Crippen LogP contribution in [0.25, 0.3) is 11.1 Å². The third-order valence-corrected chi connectivity index (χ3v) is 5.99. The summed E-state index contributed by atoms with van der Waals surface area (Å²) in [5.74, 6) is 0.254. The lowest BCUT2D eigenvalue weighted by Gasteiger charge is -2.13. The molecule has 7 heteroatoms. The highest BCUT2D eigenvalue weighted by Crippen LogP contribution is 2.39. The predicted molar refractivity (Wildman–Crippen MR) is 144 cm³/mol. The molecule has 1 amide bonds. The molecule has 190 valence electrons. The Hall–Kier alpha value is -4.52. The normalized spacial score (nSPS) is 10.6. The minimum atomic E-state index is -0.524. The van der Waals surface area contributed by atoms with Crippen LogP contribution >= 0.6 is 0 Å². The number of rotatable bonds is 9. The first-order valence-electron chi connectivity index (χ1n) is 12.0. The van der Waals surface area contributed by atoms with E-state index in [1.807, 2.05) is 72.3 Å². The molecule has 1 aromatic heterocycles. The SMILES string of the molecule is CCOC(=O)c1c(NC(=O)c2ccc(C)cc2)c(-c2ccc(OC)c(OC)c2)cn1Cc1ccccc1. The summed E-state index contributed by atoms with van der Waals surface area (Å²) in [6.45, 7) is 4.32. The molecule has 7 nitrogen and oxygen atoms in total. The second kappa shape index (κ2) is 11.5. The molecule has 0 radical (unpaired) electrons. The molecule has 0 fully saturated rings. The number of hydrogen-bond donors (Lipinski definition) is 1. The minimum Gasteiger partial charge on any atom is -0.493 e. The van der Waals surface area contributed by atoms with E-state index in [1.54, 1.807) is 39.3 Å². The van der Waals surface area contributed by atoms with Gasteiger partial charge >= 0.3 is 5.97 Å². The lowest BCUT2D eigenvalue weighted by Crippen LogP contribution is -2.18. The zero-order valence-electron chi connectivity index (χ0n) is 21.4. The number of anilines is 1. The molecule has 4 rings (SSSR count). The average molecular weight is 499 g/mol. The summed E-state index contributed by atoms with van der Waals surface area (Å²) in [6, 6.07) is 22.5. The zero-order chi connectivity index (χ0) is 26.4. The van der Waals surface area contributed by atoms with Crippen LogP contribution < -0.4 is 14.8 Å². The fourth-order valence-corrected chi connectivity index (χ4v) is 4.12. The van der Waals surface area contributed by atoms with Gasteiger partial charge in [0.2, 0.25) is 0 Å². The molecule has 0 spiro atoms. The van der Waals surface area contributed by atoms with Crippen LogP contribution in [0.2, 0.25) is 0 Å². The molecular formula is C30H30N2O5. The van der Waals surface area contributed by atoms with E-state index in [2.05, 4.69) is 5.32 Å². The molecule has 0 aliphatic carbocycles. The van der Waals surface area contributed by atoms with E-state index in [9.17, 15) is 9.59 Å². The molecule has 1 N–H and O–H groups in total. The summed E-state index contributed by atoms with van der Waals surface area (Å²) in [4.78, 5) is 26.6. The quantitative estimate of drug-likeness (QED) is 0.288. The van der Waals surface area contributed by atoms with Crippen LogP contribution in [-0.2, 0) is 11.3 Å². The fraction of sp³-hybridized carbons (Fsp3) is 0.200. The predicted octanol–water partition coefficient (Wildman–Crippen LogP) is 5.96. The Labute approximate surface area is 216 Å². The van der Waals surface area contributed by atoms with Gasteiger partial charge in [0.1, 0.15) is 0 Å². The highest BCUT2D eigenvalue weighted by atomic mass is 16.5. The van der Waals surface area contributed by atoms with Crippen molar-refractivity contribution < 1.29 is 23.8 Å². The fourth-order valence-electron chi connectivity index (χ4n) is 4.12. The number of nitrogens with one attached hydrogen (secondary N) is 1. The number of amides is 1. The second-order valence-corrected chi connectivity index (χ2v) is 8.49. The number of methoxy groups -OCH3 is 2. The van der Waals surface area contributed by atoms with E-state index in [0.29, 0.717) is 34.9 Å². The zero-order valence-corrected chi connectivity index (χ0v) is 21.4. The number of ether oxygens (including phenoxy) is 3. The molecule has 1 heterocycles. The Balaban J connectivity index is 1.89. The Morgan fingerprint density at radius 1 is 0.892 bits per heavy atom. The van der Waals surface area contributed by atoms with Crippen molar-refractivity contribution in [3.05, 3.63) is 101 Å². The summed E-state index contributed by atoms with van der Waals surface area (Å²) in [7, 11) is 3.13. The molecule has 0 aliphatic rings. The molecule has 0 saturated carbocycles. The third kappa shape index (κ3) is 5.67. The molecular weight excluding hydrogens is 468 g/mol. The van der Waals surface area contributed by atoms with E-state index >= 15 is 0 Å². The van der Waals surface area contributed by atoms with Gasteiger partial charge in [0.05, 0.1) is 26.5 Å². The van der Waals surface area contributed by atoms with Crippen molar-refractivity contribution in [2.75, 3.05) is 26.1 Å². The monoisotopic (exact) mass is 498 g/mol. The second-order valence-electron chi connectivity index (χ2n) is 8.49. The van der Waals surface area contributed by atoms with Crippen molar-refractivity contribution in [2.45, 2.75) is 20.4 Å². The lowest BCUT2D eigenvalue weighted by atomic mass is 10.1. The van der Waals surface area contributed by atoms with Crippen molar-refractivity contribution in [3.63, 3.8) is 0 Å². The van der Waals surface area contributed by atoms with Gasteiger partial charge in [0, 0.05) is 23.9 Å². The maximum absolute atomic E-state index is 13.3. The molecule has 4 aromatic rings. The third-order valence-electron chi connectivity index (χ3n) is 5.99. The number of carbonyl (C=O) groups excluding carboxylic acids is 2. The van der Waals surface area contributed by atoms with Gasteiger partial charge in [-0.3, -0.25) is 4.79 Å². The van der Waals surface area contributed by atoms with Crippen molar-refractivity contribution in [2.24, 2.45) is 0 Å². The van der Waals surface area contributed by atoms with E-state index in [0.717, 1.165) is 16.7 Å².